The van der Waals surface area contributed by atoms with Crippen molar-refractivity contribution in [3.05, 3.63) is 47.8 Å². The average Bonchev–Trinajstić information content (AvgIpc) is 3.10. The second-order valence-corrected chi connectivity index (χ2v) is 7.78. The van der Waals surface area contributed by atoms with E-state index in [0.29, 0.717) is 22.1 Å². The molecule has 3 aromatic rings. The normalized spacial score (nSPS) is 14.7. The number of amides is 1. The van der Waals surface area contributed by atoms with Gasteiger partial charge in [0.1, 0.15) is 11.4 Å². The molecule has 0 spiro atoms. The molecule has 4 rings (SSSR count). The first-order chi connectivity index (χ1) is 12.4. The predicted molar refractivity (Wildman–Crippen MR) is 98.6 cm³/mol. The van der Waals surface area contributed by atoms with E-state index >= 15 is 0 Å². The third kappa shape index (κ3) is 3.35. The quantitative estimate of drug-likeness (QED) is 0.747. The molecule has 0 fully saturated rings. The first-order valence-electron chi connectivity index (χ1n) is 8.19. The summed E-state index contributed by atoms with van der Waals surface area (Å²) < 4.78 is 25.6. The van der Waals surface area contributed by atoms with Crippen LogP contribution in [-0.4, -0.2) is 23.1 Å². The summed E-state index contributed by atoms with van der Waals surface area (Å²) in [5, 5.41) is 3.10. The van der Waals surface area contributed by atoms with Crippen LogP contribution in [0.2, 0.25) is 0 Å². The van der Waals surface area contributed by atoms with E-state index in [4.69, 9.17) is 9.47 Å². The highest BCUT2D eigenvalue weighted by Gasteiger charge is 2.32. The van der Waals surface area contributed by atoms with Gasteiger partial charge in [0, 0.05) is 18.1 Å². The Hall–Kier alpha value is -2.67. The molecule has 1 amide bonds. The Balaban J connectivity index is 1.42. The van der Waals surface area contributed by atoms with Crippen molar-refractivity contribution >= 4 is 32.6 Å². The summed E-state index contributed by atoms with van der Waals surface area (Å²) in [5.41, 5.74) is 1.31. The van der Waals surface area contributed by atoms with Gasteiger partial charge in [0.25, 0.3) is 5.91 Å². The van der Waals surface area contributed by atoms with Gasteiger partial charge in [0.2, 0.25) is 0 Å². The molecule has 1 N–H and O–H groups in total. The number of carbonyl (C=O) groups excluding carboxylic acids is 1. The van der Waals surface area contributed by atoms with Crippen molar-refractivity contribution < 1.29 is 18.7 Å². The smallest absolute Gasteiger partial charge is 0.264 e. The number of rotatable bonds is 4. The van der Waals surface area contributed by atoms with Crippen LogP contribution in [0, 0.1) is 5.82 Å². The van der Waals surface area contributed by atoms with Gasteiger partial charge in [-0.15, -0.1) is 0 Å². The maximum atomic E-state index is 13.2. The van der Waals surface area contributed by atoms with E-state index in [0.717, 1.165) is 16.7 Å². The van der Waals surface area contributed by atoms with Crippen LogP contribution in [0.3, 0.4) is 0 Å². The zero-order chi connectivity index (χ0) is 18.3. The van der Waals surface area contributed by atoms with E-state index in [-0.39, 0.29) is 23.9 Å². The Bertz CT molecular complexity index is 1000. The number of hydrogen-bond acceptors (Lipinski definition) is 5. The van der Waals surface area contributed by atoms with Crippen molar-refractivity contribution in [2.24, 2.45) is 0 Å². The van der Waals surface area contributed by atoms with Crippen LogP contribution in [0.25, 0.3) is 10.2 Å². The van der Waals surface area contributed by atoms with Gasteiger partial charge in [-0.2, -0.15) is 0 Å². The molecule has 0 atom stereocenters. The third-order valence-corrected chi connectivity index (χ3v) is 4.96. The number of nitrogens with one attached hydrogen (secondary N) is 1. The maximum absolute atomic E-state index is 13.2. The highest BCUT2D eigenvalue weighted by Crippen LogP contribution is 2.41. The Morgan fingerprint density at radius 2 is 2.23 bits per heavy atom. The number of carbonyl (C=O) groups is 1. The number of hydrogen-bond donors (Lipinski definition) is 1. The summed E-state index contributed by atoms with van der Waals surface area (Å²) in [6, 6.07) is 10.0. The van der Waals surface area contributed by atoms with Crippen molar-refractivity contribution in [2.45, 2.75) is 25.9 Å². The van der Waals surface area contributed by atoms with E-state index in [1.165, 1.54) is 23.5 Å². The summed E-state index contributed by atoms with van der Waals surface area (Å²) in [4.78, 5) is 16.4. The van der Waals surface area contributed by atoms with Gasteiger partial charge in [-0.3, -0.25) is 10.1 Å². The Morgan fingerprint density at radius 1 is 1.38 bits per heavy atom. The monoisotopic (exact) mass is 372 g/mol. The summed E-state index contributed by atoms with van der Waals surface area (Å²) in [7, 11) is 0. The van der Waals surface area contributed by atoms with Crippen molar-refractivity contribution in [1.29, 1.82) is 0 Å². The lowest BCUT2D eigenvalue weighted by Crippen LogP contribution is -2.25. The predicted octanol–water partition coefficient (Wildman–Crippen LogP) is 4.17. The molecule has 2 aromatic carbocycles. The molecule has 5 nitrogen and oxygen atoms in total. The third-order valence-electron chi connectivity index (χ3n) is 4.01. The fourth-order valence-corrected chi connectivity index (χ4v) is 3.82. The Kier molecular flexibility index (Phi) is 4.03. The van der Waals surface area contributed by atoms with Gasteiger partial charge in [0.05, 0.1) is 10.2 Å². The minimum Gasteiger partial charge on any atom is -0.483 e. The molecule has 26 heavy (non-hydrogen) atoms. The second-order valence-electron chi connectivity index (χ2n) is 6.75. The van der Waals surface area contributed by atoms with Gasteiger partial charge in [0.15, 0.2) is 23.2 Å². The van der Waals surface area contributed by atoms with Crippen molar-refractivity contribution in [3.8, 4) is 11.5 Å². The Labute approximate surface area is 153 Å². The molecule has 0 saturated carbocycles. The molecule has 2 heterocycles. The molecule has 1 aliphatic heterocycles. The first kappa shape index (κ1) is 16.8. The minimum absolute atomic E-state index is 0.162. The molecule has 134 valence electrons. The number of aromatic nitrogens is 1. The van der Waals surface area contributed by atoms with Crippen LogP contribution in [0.5, 0.6) is 11.5 Å². The minimum atomic E-state index is -0.357. The molecule has 0 aliphatic carbocycles. The molecule has 1 aliphatic rings. The van der Waals surface area contributed by atoms with E-state index in [1.54, 1.807) is 12.1 Å². The van der Waals surface area contributed by atoms with E-state index < -0.39 is 0 Å². The lowest BCUT2D eigenvalue weighted by Gasteiger charge is -2.18. The molecular weight excluding hydrogens is 355 g/mol. The standard InChI is InChI=1S/C19H17FN2O3S/c1-19(2)9-11-4-3-5-14(17(11)25-19)24-10-16(23)22-18-21-13-8-12(20)6-7-15(13)26-18/h3-8H,9-10H2,1-2H3,(H,21,22,23). The van der Waals surface area contributed by atoms with Gasteiger partial charge >= 0.3 is 0 Å². The fraction of sp³-hybridized carbons (Fsp3) is 0.263. The van der Waals surface area contributed by atoms with E-state index in [1.807, 2.05) is 26.0 Å². The molecule has 0 bridgehead atoms. The zero-order valence-electron chi connectivity index (χ0n) is 14.3. The maximum Gasteiger partial charge on any atom is 0.264 e. The van der Waals surface area contributed by atoms with Crippen LogP contribution in [0.1, 0.15) is 19.4 Å². The molecule has 1 aromatic heterocycles. The van der Waals surface area contributed by atoms with Crippen LogP contribution in [-0.2, 0) is 11.2 Å². The number of nitrogens with zero attached hydrogens (tertiary/aromatic N) is 1. The first-order valence-corrected chi connectivity index (χ1v) is 9.01. The van der Waals surface area contributed by atoms with Crippen molar-refractivity contribution in [3.63, 3.8) is 0 Å². The number of ether oxygens (including phenoxy) is 2. The van der Waals surface area contributed by atoms with E-state index in [2.05, 4.69) is 10.3 Å². The zero-order valence-corrected chi connectivity index (χ0v) is 15.2. The average molecular weight is 372 g/mol. The summed E-state index contributed by atoms with van der Waals surface area (Å²) in [6.45, 7) is 3.86. The van der Waals surface area contributed by atoms with Crippen LogP contribution in [0.4, 0.5) is 9.52 Å². The van der Waals surface area contributed by atoms with Gasteiger partial charge in [-0.1, -0.05) is 23.5 Å². The van der Waals surface area contributed by atoms with E-state index in [9.17, 15) is 9.18 Å². The second kappa shape index (κ2) is 6.25. The van der Waals surface area contributed by atoms with Crippen LogP contribution in [0.15, 0.2) is 36.4 Å². The lowest BCUT2D eigenvalue weighted by atomic mass is 10.0. The highest BCUT2D eigenvalue weighted by molar-refractivity contribution is 7.22. The van der Waals surface area contributed by atoms with Gasteiger partial charge in [-0.25, -0.2) is 9.37 Å². The lowest BCUT2D eigenvalue weighted by molar-refractivity contribution is -0.118. The van der Waals surface area contributed by atoms with Crippen molar-refractivity contribution in [1.82, 2.24) is 4.98 Å². The number of fused-ring (bicyclic) bond motifs is 2. The largest absolute Gasteiger partial charge is 0.483 e. The fourth-order valence-electron chi connectivity index (χ4n) is 2.95. The number of anilines is 1. The Morgan fingerprint density at radius 3 is 3.08 bits per heavy atom. The number of para-hydroxylation sites is 1. The summed E-state index contributed by atoms with van der Waals surface area (Å²) in [5.74, 6) is 0.555. The number of halogens is 1. The number of thiazole rings is 1. The molecule has 0 radical (unpaired) electrons. The molecular formula is C19H17FN2O3S. The molecule has 0 saturated heterocycles. The number of benzene rings is 2. The SMILES string of the molecule is CC1(C)Cc2cccc(OCC(=O)Nc3nc4cc(F)ccc4s3)c2O1. The van der Waals surface area contributed by atoms with Crippen LogP contribution < -0.4 is 14.8 Å². The topological polar surface area (TPSA) is 60.5 Å². The van der Waals surface area contributed by atoms with Crippen LogP contribution >= 0.6 is 11.3 Å². The highest BCUT2D eigenvalue weighted by atomic mass is 32.1. The van der Waals surface area contributed by atoms with Gasteiger partial charge < -0.3 is 9.47 Å². The summed E-state index contributed by atoms with van der Waals surface area (Å²) >= 11 is 1.29. The van der Waals surface area contributed by atoms with Gasteiger partial charge in [-0.05, 0) is 32.0 Å². The molecule has 0 unspecified atom stereocenters. The van der Waals surface area contributed by atoms with Crippen molar-refractivity contribution in [2.75, 3.05) is 11.9 Å². The summed E-state index contributed by atoms with van der Waals surface area (Å²) in [6.07, 6.45) is 0.800. The molecule has 7 heteroatoms.